The van der Waals surface area contributed by atoms with Gasteiger partial charge in [-0.1, -0.05) is 38.1 Å². The van der Waals surface area contributed by atoms with Crippen LogP contribution in [0.15, 0.2) is 58.3 Å². The maximum Gasteiger partial charge on any atom is 0.132 e. The second-order valence-electron chi connectivity index (χ2n) is 4.46. The molecular formula is C15H16O2S. The van der Waals surface area contributed by atoms with Gasteiger partial charge in [0.25, 0.3) is 0 Å². The van der Waals surface area contributed by atoms with Crippen LogP contribution in [-0.2, 0) is 10.8 Å². The third-order valence-corrected chi connectivity index (χ3v) is 4.23. The molecule has 1 N–H and O–H groups in total. The molecule has 0 aliphatic rings. The number of phenols is 1. The van der Waals surface area contributed by atoms with Crippen LogP contribution in [0.1, 0.15) is 25.3 Å². The molecule has 3 heteroatoms. The van der Waals surface area contributed by atoms with Crippen LogP contribution in [-0.4, -0.2) is 9.32 Å². The molecule has 0 fully saturated rings. The van der Waals surface area contributed by atoms with E-state index in [4.69, 9.17) is 0 Å². The molecule has 0 aliphatic heterocycles. The maximum atomic E-state index is 12.4. The maximum absolute atomic E-state index is 12.4. The summed E-state index contributed by atoms with van der Waals surface area (Å²) in [5.41, 5.74) is 1.08. The third kappa shape index (κ3) is 2.62. The fourth-order valence-corrected chi connectivity index (χ4v) is 2.87. The van der Waals surface area contributed by atoms with Crippen molar-refractivity contribution in [1.29, 1.82) is 0 Å². The van der Waals surface area contributed by atoms with E-state index in [-0.39, 0.29) is 5.75 Å². The number of phenolic OH excluding ortho intramolecular Hbond substituents is 1. The minimum atomic E-state index is -1.34. The summed E-state index contributed by atoms with van der Waals surface area (Å²) < 4.78 is 12.4. The summed E-state index contributed by atoms with van der Waals surface area (Å²) in [4.78, 5) is 1.18. The van der Waals surface area contributed by atoms with Gasteiger partial charge in [0.05, 0.1) is 15.7 Å². The SMILES string of the molecule is CC(C)c1ccc(O)c(S(=O)c2ccccc2)c1. The van der Waals surface area contributed by atoms with Crippen molar-refractivity contribution < 1.29 is 9.32 Å². The van der Waals surface area contributed by atoms with Crippen molar-refractivity contribution >= 4 is 10.8 Å². The van der Waals surface area contributed by atoms with E-state index in [2.05, 4.69) is 13.8 Å². The molecule has 0 aromatic heterocycles. The Kier molecular flexibility index (Phi) is 3.82. The van der Waals surface area contributed by atoms with Gasteiger partial charge in [-0.15, -0.1) is 0 Å². The first-order valence-corrected chi connectivity index (χ1v) is 7.04. The second kappa shape index (κ2) is 5.36. The summed E-state index contributed by atoms with van der Waals surface area (Å²) in [6.45, 7) is 4.14. The highest BCUT2D eigenvalue weighted by Gasteiger charge is 2.13. The minimum absolute atomic E-state index is 0.0848. The van der Waals surface area contributed by atoms with E-state index in [1.165, 1.54) is 0 Å². The van der Waals surface area contributed by atoms with Crippen LogP contribution in [0, 0.1) is 0 Å². The number of rotatable bonds is 3. The van der Waals surface area contributed by atoms with Crippen molar-refractivity contribution in [2.75, 3.05) is 0 Å². The topological polar surface area (TPSA) is 37.3 Å². The van der Waals surface area contributed by atoms with Gasteiger partial charge >= 0.3 is 0 Å². The van der Waals surface area contributed by atoms with Crippen LogP contribution in [0.5, 0.6) is 5.75 Å². The molecule has 0 radical (unpaired) electrons. The van der Waals surface area contributed by atoms with Crippen LogP contribution in [0.25, 0.3) is 0 Å². The second-order valence-corrected chi connectivity index (χ2v) is 5.91. The molecule has 18 heavy (non-hydrogen) atoms. The molecule has 2 nitrogen and oxygen atoms in total. The molecule has 1 atom stereocenters. The van der Waals surface area contributed by atoms with Crippen molar-refractivity contribution in [3.63, 3.8) is 0 Å². The zero-order valence-corrected chi connectivity index (χ0v) is 11.3. The van der Waals surface area contributed by atoms with Crippen molar-refractivity contribution in [3.05, 3.63) is 54.1 Å². The van der Waals surface area contributed by atoms with Crippen LogP contribution in [0.4, 0.5) is 0 Å². The molecule has 0 spiro atoms. The highest BCUT2D eigenvalue weighted by Crippen LogP contribution is 2.28. The van der Waals surface area contributed by atoms with Gasteiger partial charge in [-0.25, -0.2) is 4.21 Å². The average molecular weight is 260 g/mol. The van der Waals surface area contributed by atoms with Gasteiger partial charge in [-0.05, 0) is 35.7 Å². The number of aromatic hydroxyl groups is 1. The highest BCUT2D eigenvalue weighted by atomic mass is 32.2. The van der Waals surface area contributed by atoms with E-state index in [1.807, 2.05) is 30.3 Å². The highest BCUT2D eigenvalue weighted by molar-refractivity contribution is 7.85. The van der Waals surface area contributed by atoms with Crippen molar-refractivity contribution in [2.24, 2.45) is 0 Å². The molecule has 2 rings (SSSR count). The van der Waals surface area contributed by atoms with Gasteiger partial charge in [-0.2, -0.15) is 0 Å². The summed E-state index contributed by atoms with van der Waals surface area (Å²) in [6.07, 6.45) is 0. The van der Waals surface area contributed by atoms with E-state index in [9.17, 15) is 9.32 Å². The Morgan fingerprint density at radius 1 is 1.06 bits per heavy atom. The minimum Gasteiger partial charge on any atom is -0.507 e. The molecule has 0 aliphatic carbocycles. The standard InChI is InChI=1S/C15H16O2S/c1-11(2)12-8-9-14(16)15(10-12)18(17)13-6-4-3-5-7-13/h3-11,16H,1-2H3. The Balaban J connectivity index is 2.45. The van der Waals surface area contributed by atoms with Crippen LogP contribution in [0.2, 0.25) is 0 Å². The Bertz CT molecular complexity index is 562. The lowest BCUT2D eigenvalue weighted by Crippen LogP contribution is -1.96. The fraction of sp³-hybridized carbons (Fsp3) is 0.200. The molecule has 0 amide bonds. The Labute approximate surface area is 110 Å². The van der Waals surface area contributed by atoms with Crippen molar-refractivity contribution in [3.8, 4) is 5.75 Å². The first kappa shape index (κ1) is 12.8. The summed E-state index contributed by atoms with van der Waals surface area (Å²) >= 11 is 0. The summed E-state index contributed by atoms with van der Waals surface area (Å²) in [7, 11) is -1.34. The van der Waals surface area contributed by atoms with Crippen LogP contribution in [0.3, 0.4) is 0 Å². The van der Waals surface area contributed by atoms with Gasteiger partial charge < -0.3 is 5.11 Å². The van der Waals surface area contributed by atoms with E-state index in [0.29, 0.717) is 15.7 Å². The van der Waals surface area contributed by atoms with Crippen LogP contribution < -0.4 is 0 Å². The van der Waals surface area contributed by atoms with Gasteiger partial charge in [0.15, 0.2) is 0 Å². The number of hydrogen-bond acceptors (Lipinski definition) is 2. The Hall–Kier alpha value is -1.61. The molecule has 0 saturated carbocycles. The monoisotopic (exact) mass is 260 g/mol. The molecule has 94 valence electrons. The largest absolute Gasteiger partial charge is 0.507 e. The third-order valence-electron chi connectivity index (χ3n) is 2.81. The molecule has 1 unspecified atom stereocenters. The molecule has 2 aromatic carbocycles. The van der Waals surface area contributed by atoms with Gasteiger partial charge in [0, 0.05) is 4.90 Å². The summed E-state index contributed by atoms with van der Waals surface area (Å²) in [5, 5.41) is 9.86. The molecule has 0 saturated heterocycles. The van der Waals surface area contributed by atoms with E-state index in [0.717, 1.165) is 5.56 Å². The first-order chi connectivity index (χ1) is 8.59. The quantitative estimate of drug-likeness (QED) is 0.914. The van der Waals surface area contributed by atoms with E-state index < -0.39 is 10.8 Å². The molecule has 0 heterocycles. The molecule has 2 aromatic rings. The zero-order valence-electron chi connectivity index (χ0n) is 10.5. The lowest BCUT2D eigenvalue weighted by molar-refractivity contribution is 0.460. The van der Waals surface area contributed by atoms with Crippen molar-refractivity contribution in [1.82, 2.24) is 0 Å². The predicted molar refractivity (Wildman–Crippen MR) is 73.3 cm³/mol. The normalized spacial score (nSPS) is 12.6. The number of benzene rings is 2. The van der Waals surface area contributed by atoms with Crippen LogP contribution >= 0.6 is 0 Å². The molecule has 0 bridgehead atoms. The lowest BCUT2D eigenvalue weighted by atomic mass is 10.0. The predicted octanol–water partition coefficient (Wildman–Crippen LogP) is 3.68. The zero-order chi connectivity index (χ0) is 13.1. The van der Waals surface area contributed by atoms with Gasteiger partial charge in [0.2, 0.25) is 0 Å². The molecular weight excluding hydrogens is 244 g/mol. The van der Waals surface area contributed by atoms with Gasteiger partial charge in [0.1, 0.15) is 5.75 Å². The lowest BCUT2D eigenvalue weighted by Gasteiger charge is -2.10. The summed E-state index contributed by atoms with van der Waals surface area (Å²) in [5.74, 6) is 0.429. The van der Waals surface area contributed by atoms with Gasteiger partial charge in [-0.3, -0.25) is 0 Å². The fourth-order valence-electron chi connectivity index (χ4n) is 1.71. The Morgan fingerprint density at radius 3 is 2.33 bits per heavy atom. The first-order valence-electron chi connectivity index (χ1n) is 5.89. The summed E-state index contributed by atoms with van der Waals surface area (Å²) in [6, 6.07) is 14.5. The van der Waals surface area contributed by atoms with E-state index >= 15 is 0 Å². The average Bonchev–Trinajstić information content (AvgIpc) is 2.39. The van der Waals surface area contributed by atoms with Crippen molar-refractivity contribution in [2.45, 2.75) is 29.6 Å². The Morgan fingerprint density at radius 2 is 1.72 bits per heavy atom. The smallest absolute Gasteiger partial charge is 0.132 e. The van der Waals surface area contributed by atoms with E-state index in [1.54, 1.807) is 18.2 Å². The number of hydrogen-bond donors (Lipinski definition) is 1.